The molecule has 3 nitrogen and oxygen atoms in total. The van der Waals surface area contributed by atoms with Gasteiger partial charge < -0.3 is 10.6 Å². The average Bonchev–Trinajstić information content (AvgIpc) is 2.10. The second-order valence-corrected chi connectivity index (χ2v) is 4.38. The Balaban J connectivity index is 3.88. The molecule has 0 saturated heterocycles. The van der Waals surface area contributed by atoms with E-state index in [-0.39, 0.29) is 11.3 Å². The van der Waals surface area contributed by atoms with Crippen molar-refractivity contribution in [2.24, 2.45) is 5.41 Å². The molecule has 0 aromatic rings. The number of carbonyl (C=O) groups is 1. The molecule has 0 spiro atoms. The second kappa shape index (κ2) is 5.81. The number of carbonyl (C=O) groups excluding carboxylic acids is 1. The van der Waals surface area contributed by atoms with Gasteiger partial charge in [0.15, 0.2) is 0 Å². The van der Waals surface area contributed by atoms with Gasteiger partial charge in [-0.05, 0) is 27.7 Å². The molecule has 0 aliphatic heterocycles. The van der Waals surface area contributed by atoms with Crippen molar-refractivity contribution < 1.29 is 4.79 Å². The van der Waals surface area contributed by atoms with Gasteiger partial charge in [-0.3, -0.25) is 4.79 Å². The van der Waals surface area contributed by atoms with E-state index in [1.54, 1.807) is 7.05 Å². The fraction of sp³-hybridized carbons (Fsp3) is 0.727. The minimum atomic E-state index is -0.343. The van der Waals surface area contributed by atoms with E-state index in [1.165, 1.54) is 5.57 Å². The first kappa shape index (κ1) is 13.2. The minimum Gasteiger partial charge on any atom is -0.359 e. The summed E-state index contributed by atoms with van der Waals surface area (Å²) in [6.07, 6.45) is 2.11. The smallest absolute Gasteiger partial charge is 0.226 e. The molecule has 0 saturated carbocycles. The van der Waals surface area contributed by atoms with Crippen LogP contribution < -0.4 is 10.6 Å². The van der Waals surface area contributed by atoms with Crippen molar-refractivity contribution in [3.05, 3.63) is 11.6 Å². The highest BCUT2D eigenvalue weighted by Gasteiger charge is 2.25. The Morgan fingerprint density at radius 3 is 2.36 bits per heavy atom. The summed E-state index contributed by atoms with van der Waals surface area (Å²) in [4.78, 5) is 11.4. The summed E-state index contributed by atoms with van der Waals surface area (Å²) in [6.45, 7) is 9.50. The monoisotopic (exact) mass is 198 g/mol. The van der Waals surface area contributed by atoms with Gasteiger partial charge in [-0.25, -0.2) is 0 Å². The van der Waals surface area contributed by atoms with Crippen LogP contribution in [0.3, 0.4) is 0 Å². The Morgan fingerprint density at radius 2 is 1.93 bits per heavy atom. The van der Waals surface area contributed by atoms with Crippen LogP contribution in [0.1, 0.15) is 27.7 Å². The summed E-state index contributed by atoms with van der Waals surface area (Å²) < 4.78 is 0. The maximum Gasteiger partial charge on any atom is 0.226 e. The number of amides is 1. The number of hydrogen-bond acceptors (Lipinski definition) is 2. The van der Waals surface area contributed by atoms with Crippen molar-refractivity contribution in [2.75, 3.05) is 20.1 Å². The zero-order chi connectivity index (χ0) is 11.2. The highest BCUT2D eigenvalue weighted by atomic mass is 16.2. The molecule has 0 unspecified atom stereocenters. The van der Waals surface area contributed by atoms with Crippen LogP contribution in [0.2, 0.25) is 0 Å². The van der Waals surface area contributed by atoms with Gasteiger partial charge in [0.25, 0.3) is 0 Å². The fourth-order valence-corrected chi connectivity index (χ4v) is 1.08. The molecule has 3 heteroatoms. The van der Waals surface area contributed by atoms with Gasteiger partial charge in [-0.1, -0.05) is 11.6 Å². The van der Waals surface area contributed by atoms with Crippen LogP contribution in [0, 0.1) is 5.41 Å². The number of allylic oxidation sites excluding steroid dienone is 1. The van der Waals surface area contributed by atoms with E-state index >= 15 is 0 Å². The fourth-order valence-electron chi connectivity index (χ4n) is 1.08. The lowest BCUT2D eigenvalue weighted by Crippen LogP contribution is -2.42. The van der Waals surface area contributed by atoms with E-state index in [0.29, 0.717) is 6.54 Å². The Morgan fingerprint density at radius 1 is 1.36 bits per heavy atom. The molecule has 0 heterocycles. The van der Waals surface area contributed by atoms with Gasteiger partial charge in [0.05, 0.1) is 5.41 Å². The molecule has 0 rings (SSSR count). The first-order chi connectivity index (χ1) is 6.40. The molecule has 2 N–H and O–H groups in total. The summed E-state index contributed by atoms with van der Waals surface area (Å²) in [7, 11) is 1.67. The molecule has 1 amide bonds. The van der Waals surface area contributed by atoms with Gasteiger partial charge in [-0.15, -0.1) is 0 Å². The van der Waals surface area contributed by atoms with Crippen molar-refractivity contribution >= 4 is 5.91 Å². The number of hydrogen-bond donors (Lipinski definition) is 2. The molecule has 14 heavy (non-hydrogen) atoms. The average molecular weight is 198 g/mol. The van der Waals surface area contributed by atoms with Gasteiger partial charge >= 0.3 is 0 Å². The third-order valence-corrected chi connectivity index (χ3v) is 2.06. The maximum atomic E-state index is 11.4. The second-order valence-electron chi connectivity index (χ2n) is 4.38. The van der Waals surface area contributed by atoms with Gasteiger partial charge in [-0.2, -0.15) is 0 Å². The standard InChI is InChI=1S/C11H22N2O/c1-9(2)6-7-13-8-11(3,4)10(14)12-5/h6,13H,7-8H2,1-5H3,(H,12,14). The first-order valence-corrected chi connectivity index (χ1v) is 4.96. The normalized spacial score (nSPS) is 10.9. The molecule has 0 fully saturated rings. The summed E-state index contributed by atoms with van der Waals surface area (Å²) in [5.74, 6) is 0.0715. The van der Waals surface area contributed by atoms with Crippen LogP contribution in [0.25, 0.3) is 0 Å². The molecule has 0 bridgehead atoms. The quantitative estimate of drug-likeness (QED) is 0.516. The summed E-state index contributed by atoms with van der Waals surface area (Å²) >= 11 is 0. The van der Waals surface area contributed by atoms with E-state index in [9.17, 15) is 4.79 Å². The molecule has 0 aliphatic rings. The SMILES string of the molecule is CNC(=O)C(C)(C)CNCC=C(C)C. The molecule has 82 valence electrons. The highest BCUT2D eigenvalue weighted by Crippen LogP contribution is 2.12. The molecule has 0 atom stereocenters. The third kappa shape index (κ3) is 5.02. The zero-order valence-corrected chi connectivity index (χ0v) is 9.90. The summed E-state index contributed by atoms with van der Waals surface area (Å²) in [6, 6.07) is 0. The van der Waals surface area contributed by atoms with E-state index in [0.717, 1.165) is 6.54 Å². The van der Waals surface area contributed by atoms with E-state index in [2.05, 4.69) is 30.6 Å². The van der Waals surface area contributed by atoms with Crippen LogP contribution in [0.5, 0.6) is 0 Å². The molecule has 0 aliphatic carbocycles. The lowest BCUT2D eigenvalue weighted by Gasteiger charge is -2.22. The first-order valence-electron chi connectivity index (χ1n) is 4.96. The van der Waals surface area contributed by atoms with Crippen LogP contribution in [0.4, 0.5) is 0 Å². The minimum absolute atomic E-state index is 0.0715. The Labute approximate surface area is 87.0 Å². The molecule has 0 radical (unpaired) electrons. The van der Waals surface area contributed by atoms with Crippen molar-refractivity contribution in [1.29, 1.82) is 0 Å². The van der Waals surface area contributed by atoms with E-state index in [1.807, 2.05) is 13.8 Å². The molecule has 0 aromatic carbocycles. The van der Waals surface area contributed by atoms with Gasteiger partial charge in [0.1, 0.15) is 0 Å². The van der Waals surface area contributed by atoms with Gasteiger partial charge in [0, 0.05) is 20.1 Å². The van der Waals surface area contributed by atoms with Crippen molar-refractivity contribution in [2.45, 2.75) is 27.7 Å². The number of nitrogens with one attached hydrogen (secondary N) is 2. The predicted molar refractivity (Wildman–Crippen MR) is 60.1 cm³/mol. The Hall–Kier alpha value is -0.830. The molecular weight excluding hydrogens is 176 g/mol. The summed E-state index contributed by atoms with van der Waals surface area (Å²) in [5, 5.41) is 5.90. The van der Waals surface area contributed by atoms with Crippen molar-refractivity contribution in [1.82, 2.24) is 10.6 Å². The van der Waals surface area contributed by atoms with Crippen LogP contribution in [-0.4, -0.2) is 26.0 Å². The molecular formula is C11H22N2O. The lowest BCUT2D eigenvalue weighted by molar-refractivity contribution is -0.128. The Kier molecular flexibility index (Phi) is 5.46. The van der Waals surface area contributed by atoms with E-state index < -0.39 is 0 Å². The van der Waals surface area contributed by atoms with E-state index in [4.69, 9.17) is 0 Å². The van der Waals surface area contributed by atoms with Crippen LogP contribution in [-0.2, 0) is 4.79 Å². The molecule has 0 aromatic heterocycles. The van der Waals surface area contributed by atoms with Crippen molar-refractivity contribution in [3.63, 3.8) is 0 Å². The largest absolute Gasteiger partial charge is 0.359 e. The Bertz CT molecular complexity index is 215. The van der Waals surface area contributed by atoms with Crippen LogP contribution in [0.15, 0.2) is 11.6 Å². The summed E-state index contributed by atoms with van der Waals surface area (Å²) in [5.41, 5.74) is 0.944. The lowest BCUT2D eigenvalue weighted by atomic mass is 9.92. The number of rotatable bonds is 5. The zero-order valence-electron chi connectivity index (χ0n) is 9.90. The maximum absolute atomic E-state index is 11.4. The predicted octanol–water partition coefficient (Wildman–Crippen LogP) is 1.31. The van der Waals surface area contributed by atoms with Crippen LogP contribution >= 0.6 is 0 Å². The van der Waals surface area contributed by atoms with Crippen molar-refractivity contribution in [3.8, 4) is 0 Å². The van der Waals surface area contributed by atoms with Gasteiger partial charge in [0.2, 0.25) is 5.91 Å². The third-order valence-electron chi connectivity index (χ3n) is 2.06. The highest BCUT2D eigenvalue weighted by molar-refractivity contribution is 5.81. The topological polar surface area (TPSA) is 41.1 Å².